The van der Waals surface area contributed by atoms with Gasteiger partial charge in [0, 0.05) is 36.4 Å². The van der Waals surface area contributed by atoms with Gasteiger partial charge in [0.2, 0.25) is 0 Å². The highest BCUT2D eigenvalue weighted by Gasteiger charge is 2.02. The molecule has 0 bridgehead atoms. The largest absolute Gasteiger partial charge is 0.316 e. The highest BCUT2D eigenvalue weighted by atomic mass is 32.1. The predicted octanol–water partition coefficient (Wildman–Crippen LogP) is 1.94. The number of imidazole rings is 1. The van der Waals surface area contributed by atoms with Crippen LogP contribution in [0.3, 0.4) is 0 Å². The van der Waals surface area contributed by atoms with Crippen molar-refractivity contribution in [3.8, 4) is 0 Å². The summed E-state index contributed by atoms with van der Waals surface area (Å²) in [6.45, 7) is 4.35. The lowest BCUT2D eigenvalue weighted by molar-refractivity contribution is 0.664. The van der Waals surface area contributed by atoms with Gasteiger partial charge in [-0.1, -0.05) is 6.92 Å². The summed E-state index contributed by atoms with van der Waals surface area (Å²) in [6.07, 6.45) is 6.16. The average molecular weight is 209 g/mol. The molecule has 0 aromatic carbocycles. The molecular weight excluding hydrogens is 194 g/mol. The van der Waals surface area contributed by atoms with Gasteiger partial charge in [0.05, 0.1) is 0 Å². The second kappa shape index (κ2) is 4.57. The Hall–Kier alpha value is -0.870. The molecule has 76 valence electrons. The van der Waals surface area contributed by atoms with Crippen molar-refractivity contribution in [2.45, 2.75) is 19.8 Å². The zero-order valence-electron chi connectivity index (χ0n) is 8.36. The molecule has 3 nitrogen and oxygen atoms in total. The maximum Gasteiger partial charge on any atom is 0.193 e. The van der Waals surface area contributed by atoms with Crippen LogP contribution in [0.2, 0.25) is 0 Å². The number of aromatic nitrogens is 2. The van der Waals surface area contributed by atoms with Crippen LogP contribution < -0.4 is 5.32 Å². The molecule has 2 rings (SSSR count). The molecule has 0 saturated carbocycles. The lowest BCUT2D eigenvalue weighted by atomic mass is 10.3. The zero-order valence-corrected chi connectivity index (χ0v) is 9.18. The SMILES string of the molecule is CCCNCCc1csc2nccn12. The maximum atomic E-state index is 4.24. The lowest BCUT2D eigenvalue weighted by Gasteiger charge is -2.01. The third-order valence-corrected chi connectivity index (χ3v) is 3.10. The summed E-state index contributed by atoms with van der Waals surface area (Å²) in [7, 11) is 0. The Labute approximate surface area is 87.8 Å². The second-order valence-corrected chi connectivity index (χ2v) is 4.14. The fourth-order valence-electron chi connectivity index (χ4n) is 1.47. The molecule has 2 heterocycles. The van der Waals surface area contributed by atoms with Crippen molar-refractivity contribution in [2.24, 2.45) is 0 Å². The van der Waals surface area contributed by atoms with Crippen molar-refractivity contribution < 1.29 is 0 Å². The van der Waals surface area contributed by atoms with Crippen LogP contribution in [0, 0.1) is 0 Å². The fourth-order valence-corrected chi connectivity index (χ4v) is 2.36. The molecule has 0 fully saturated rings. The number of hydrogen-bond donors (Lipinski definition) is 1. The normalized spacial score (nSPS) is 11.2. The van der Waals surface area contributed by atoms with E-state index in [2.05, 4.69) is 27.0 Å². The van der Waals surface area contributed by atoms with E-state index in [9.17, 15) is 0 Å². The summed E-state index contributed by atoms with van der Waals surface area (Å²) in [4.78, 5) is 5.34. The van der Waals surface area contributed by atoms with Gasteiger partial charge in [0.1, 0.15) is 0 Å². The van der Waals surface area contributed by atoms with E-state index in [-0.39, 0.29) is 0 Å². The molecule has 0 atom stereocenters. The molecule has 0 saturated heterocycles. The van der Waals surface area contributed by atoms with Gasteiger partial charge in [-0.15, -0.1) is 11.3 Å². The lowest BCUT2D eigenvalue weighted by Crippen LogP contribution is -2.18. The van der Waals surface area contributed by atoms with Gasteiger partial charge in [-0.3, -0.25) is 4.40 Å². The van der Waals surface area contributed by atoms with Crippen molar-refractivity contribution in [1.82, 2.24) is 14.7 Å². The van der Waals surface area contributed by atoms with Crippen molar-refractivity contribution in [2.75, 3.05) is 13.1 Å². The van der Waals surface area contributed by atoms with Crippen molar-refractivity contribution in [1.29, 1.82) is 0 Å². The summed E-state index contributed by atoms with van der Waals surface area (Å²) >= 11 is 1.71. The Morgan fingerprint density at radius 3 is 3.29 bits per heavy atom. The Kier molecular flexibility index (Phi) is 3.16. The highest BCUT2D eigenvalue weighted by molar-refractivity contribution is 7.15. The minimum absolute atomic E-state index is 1.05. The molecular formula is C10H15N3S. The molecule has 0 spiro atoms. The first-order valence-electron chi connectivity index (χ1n) is 5.02. The molecule has 4 heteroatoms. The molecule has 0 aliphatic heterocycles. The first kappa shape index (κ1) is 9.68. The van der Waals surface area contributed by atoms with Crippen LogP contribution in [-0.4, -0.2) is 22.5 Å². The third kappa shape index (κ3) is 1.96. The van der Waals surface area contributed by atoms with E-state index in [0.29, 0.717) is 0 Å². The first-order valence-corrected chi connectivity index (χ1v) is 5.90. The van der Waals surface area contributed by atoms with Gasteiger partial charge in [-0.05, 0) is 13.0 Å². The molecule has 0 unspecified atom stereocenters. The minimum atomic E-state index is 1.05. The summed E-state index contributed by atoms with van der Waals surface area (Å²) in [5, 5.41) is 5.59. The minimum Gasteiger partial charge on any atom is -0.316 e. The second-order valence-electron chi connectivity index (χ2n) is 3.31. The molecule has 2 aromatic heterocycles. The summed E-state index contributed by atoms with van der Waals surface area (Å²) in [5.41, 5.74) is 1.35. The molecule has 0 radical (unpaired) electrons. The number of fused-ring (bicyclic) bond motifs is 1. The van der Waals surface area contributed by atoms with Gasteiger partial charge >= 0.3 is 0 Å². The standard InChI is InChI=1S/C10H15N3S/c1-2-4-11-5-3-9-8-14-10-12-6-7-13(9)10/h6-8,11H,2-5H2,1H3. The van der Waals surface area contributed by atoms with E-state index in [1.807, 2.05) is 12.4 Å². The van der Waals surface area contributed by atoms with Gasteiger partial charge in [-0.25, -0.2) is 4.98 Å². The van der Waals surface area contributed by atoms with E-state index in [0.717, 1.165) is 24.5 Å². The van der Waals surface area contributed by atoms with Gasteiger partial charge in [-0.2, -0.15) is 0 Å². The Balaban J connectivity index is 1.94. The van der Waals surface area contributed by atoms with E-state index >= 15 is 0 Å². The highest BCUT2D eigenvalue weighted by Crippen LogP contribution is 2.14. The van der Waals surface area contributed by atoms with Crippen LogP contribution in [0.15, 0.2) is 17.8 Å². The fraction of sp³-hybridized carbons (Fsp3) is 0.500. The molecule has 0 aliphatic carbocycles. The number of nitrogens with one attached hydrogen (secondary N) is 1. The Bertz CT molecular complexity index is 391. The van der Waals surface area contributed by atoms with E-state index in [4.69, 9.17) is 0 Å². The van der Waals surface area contributed by atoms with E-state index in [1.165, 1.54) is 12.1 Å². The van der Waals surface area contributed by atoms with Crippen molar-refractivity contribution in [3.05, 3.63) is 23.5 Å². The molecule has 0 aliphatic rings. The van der Waals surface area contributed by atoms with Crippen LogP contribution in [0.5, 0.6) is 0 Å². The topological polar surface area (TPSA) is 29.3 Å². The number of nitrogens with zero attached hydrogens (tertiary/aromatic N) is 2. The average Bonchev–Trinajstić information content (AvgIpc) is 2.75. The van der Waals surface area contributed by atoms with Crippen LogP contribution in [0.25, 0.3) is 4.96 Å². The smallest absolute Gasteiger partial charge is 0.193 e. The van der Waals surface area contributed by atoms with Crippen LogP contribution >= 0.6 is 11.3 Å². The zero-order chi connectivity index (χ0) is 9.80. The summed E-state index contributed by atoms with van der Waals surface area (Å²) in [5.74, 6) is 0. The summed E-state index contributed by atoms with van der Waals surface area (Å²) < 4.78 is 2.16. The molecule has 14 heavy (non-hydrogen) atoms. The third-order valence-electron chi connectivity index (χ3n) is 2.20. The maximum absolute atomic E-state index is 4.24. The first-order chi connectivity index (χ1) is 6.92. The van der Waals surface area contributed by atoms with Crippen molar-refractivity contribution in [3.63, 3.8) is 0 Å². The monoisotopic (exact) mass is 209 g/mol. The van der Waals surface area contributed by atoms with Crippen LogP contribution in [0.4, 0.5) is 0 Å². The quantitative estimate of drug-likeness (QED) is 0.763. The van der Waals surface area contributed by atoms with Crippen LogP contribution in [0.1, 0.15) is 19.0 Å². The van der Waals surface area contributed by atoms with Gasteiger partial charge in [0.15, 0.2) is 4.96 Å². The van der Waals surface area contributed by atoms with Gasteiger partial charge < -0.3 is 5.32 Å². The Morgan fingerprint density at radius 2 is 2.43 bits per heavy atom. The predicted molar refractivity (Wildman–Crippen MR) is 59.9 cm³/mol. The van der Waals surface area contributed by atoms with Crippen LogP contribution in [-0.2, 0) is 6.42 Å². The molecule has 2 aromatic rings. The number of hydrogen-bond acceptors (Lipinski definition) is 3. The summed E-state index contributed by atoms with van der Waals surface area (Å²) in [6, 6.07) is 0. The van der Waals surface area contributed by atoms with E-state index < -0.39 is 0 Å². The van der Waals surface area contributed by atoms with Gasteiger partial charge in [0.25, 0.3) is 0 Å². The Morgan fingerprint density at radius 1 is 1.50 bits per heavy atom. The van der Waals surface area contributed by atoms with Crippen molar-refractivity contribution >= 4 is 16.3 Å². The molecule has 1 N–H and O–H groups in total. The molecule has 0 amide bonds. The number of rotatable bonds is 5. The van der Waals surface area contributed by atoms with E-state index in [1.54, 1.807) is 11.3 Å². The number of thiazole rings is 1.